The van der Waals surface area contributed by atoms with Gasteiger partial charge in [-0.1, -0.05) is 33.1 Å². The molecule has 10 nitrogen and oxygen atoms in total. The van der Waals surface area contributed by atoms with Crippen molar-refractivity contribution in [1.29, 1.82) is 0 Å². The van der Waals surface area contributed by atoms with E-state index in [0.29, 0.717) is 6.54 Å². The SMILES string of the molecule is CCCCCNC1=NC(CCN2C(NC)=NC(C)N=C2NCCCC)N=C(NC)N1C. The summed E-state index contributed by atoms with van der Waals surface area (Å²) in [7, 11) is 5.78. The van der Waals surface area contributed by atoms with Crippen molar-refractivity contribution in [3.63, 3.8) is 0 Å². The van der Waals surface area contributed by atoms with E-state index in [1.54, 1.807) is 0 Å². The molecule has 0 aliphatic carbocycles. The number of unbranched alkanes of at least 4 members (excludes halogenated alkanes) is 3. The first-order valence-electron chi connectivity index (χ1n) is 11.7. The molecule has 0 radical (unpaired) electrons. The third-order valence-corrected chi connectivity index (χ3v) is 5.24. The van der Waals surface area contributed by atoms with Crippen molar-refractivity contribution in [2.75, 3.05) is 40.8 Å². The van der Waals surface area contributed by atoms with Gasteiger partial charge in [0.25, 0.3) is 0 Å². The number of nitrogens with one attached hydrogen (secondary N) is 4. The second-order valence-electron chi connectivity index (χ2n) is 7.84. The second kappa shape index (κ2) is 13.0. The van der Waals surface area contributed by atoms with Crippen molar-refractivity contribution in [2.24, 2.45) is 20.0 Å². The van der Waals surface area contributed by atoms with Crippen molar-refractivity contribution in [3.8, 4) is 0 Å². The fraction of sp³-hybridized carbons (Fsp3) is 0.810. The van der Waals surface area contributed by atoms with Gasteiger partial charge in [-0.15, -0.1) is 0 Å². The molecule has 0 aromatic rings. The Morgan fingerprint density at radius 3 is 2.06 bits per heavy atom. The van der Waals surface area contributed by atoms with E-state index in [1.165, 1.54) is 12.8 Å². The van der Waals surface area contributed by atoms with E-state index in [2.05, 4.69) is 45.0 Å². The highest BCUT2D eigenvalue weighted by Gasteiger charge is 2.26. The molecule has 0 saturated heterocycles. The standard InChI is InChI=1S/C21H42N10/c1-7-9-11-14-24-20-29-17(28-18(22-4)30(20)6)12-15-31-19(23-5)26-16(3)27-21(31)25-13-10-8-2/h16-17H,7-15H2,1-6H3,(H,22,28)(H,23,26)(H,24,29)(H,25,27). The minimum absolute atomic E-state index is 0.1000. The second-order valence-corrected chi connectivity index (χ2v) is 7.84. The number of guanidine groups is 4. The Balaban J connectivity index is 2.07. The van der Waals surface area contributed by atoms with Crippen molar-refractivity contribution in [3.05, 3.63) is 0 Å². The highest BCUT2D eigenvalue weighted by atomic mass is 15.4. The highest BCUT2D eigenvalue weighted by Crippen LogP contribution is 2.12. The average Bonchev–Trinajstić information content (AvgIpc) is 2.77. The number of nitrogens with zero attached hydrogens (tertiary/aromatic N) is 6. The van der Waals surface area contributed by atoms with Gasteiger partial charge in [0.05, 0.1) is 0 Å². The topological polar surface area (TPSA) is 104 Å². The first-order chi connectivity index (χ1) is 15.0. The zero-order valence-electron chi connectivity index (χ0n) is 20.2. The molecule has 0 spiro atoms. The molecule has 0 bridgehead atoms. The average molecular weight is 435 g/mol. The van der Waals surface area contributed by atoms with Gasteiger partial charge in [-0.2, -0.15) is 0 Å². The predicted molar refractivity (Wildman–Crippen MR) is 131 cm³/mol. The zero-order chi connectivity index (χ0) is 22.6. The first-order valence-corrected chi connectivity index (χ1v) is 11.7. The van der Waals surface area contributed by atoms with Gasteiger partial charge in [0, 0.05) is 47.2 Å². The minimum Gasteiger partial charge on any atom is -0.359 e. The van der Waals surface area contributed by atoms with Crippen molar-refractivity contribution >= 4 is 23.8 Å². The van der Waals surface area contributed by atoms with Crippen molar-refractivity contribution in [1.82, 2.24) is 31.1 Å². The molecular formula is C21H42N10. The lowest BCUT2D eigenvalue weighted by Crippen LogP contribution is -2.54. The fourth-order valence-electron chi connectivity index (χ4n) is 3.48. The van der Waals surface area contributed by atoms with E-state index in [1.807, 2.05) is 33.0 Å². The van der Waals surface area contributed by atoms with Crippen LogP contribution in [0.2, 0.25) is 0 Å². The van der Waals surface area contributed by atoms with Crippen LogP contribution >= 0.6 is 0 Å². The largest absolute Gasteiger partial charge is 0.359 e. The van der Waals surface area contributed by atoms with Crippen LogP contribution in [0.1, 0.15) is 59.3 Å². The molecule has 0 aromatic carbocycles. The van der Waals surface area contributed by atoms with Crippen LogP contribution in [0.5, 0.6) is 0 Å². The summed E-state index contributed by atoms with van der Waals surface area (Å²) in [6.07, 6.45) is 6.29. The van der Waals surface area contributed by atoms with Crippen molar-refractivity contribution < 1.29 is 0 Å². The van der Waals surface area contributed by atoms with E-state index >= 15 is 0 Å². The maximum absolute atomic E-state index is 4.87. The van der Waals surface area contributed by atoms with Gasteiger partial charge >= 0.3 is 0 Å². The smallest absolute Gasteiger partial charge is 0.202 e. The molecule has 2 unspecified atom stereocenters. The Kier molecular flexibility index (Phi) is 10.4. The van der Waals surface area contributed by atoms with Crippen LogP contribution in [-0.4, -0.2) is 86.7 Å². The molecule has 2 aliphatic heterocycles. The number of hydrogen-bond acceptors (Lipinski definition) is 10. The van der Waals surface area contributed by atoms with E-state index in [-0.39, 0.29) is 12.3 Å². The predicted octanol–water partition coefficient (Wildman–Crippen LogP) is 1.34. The molecule has 10 heteroatoms. The van der Waals surface area contributed by atoms with Crippen LogP contribution in [0, 0.1) is 0 Å². The summed E-state index contributed by atoms with van der Waals surface area (Å²) in [6, 6.07) is 0. The summed E-state index contributed by atoms with van der Waals surface area (Å²) < 4.78 is 0. The lowest BCUT2D eigenvalue weighted by molar-refractivity contribution is 0.464. The van der Waals surface area contributed by atoms with E-state index < -0.39 is 0 Å². The highest BCUT2D eigenvalue weighted by molar-refractivity contribution is 6.00. The Morgan fingerprint density at radius 1 is 0.774 bits per heavy atom. The number of hydrogen-bond donors (Lipinski definition) is 4. The number of rotatable bonds is 10. The molecule has 2 aliphatic rings. The summed E-state index contributed by atoms with van der Waals surface area (Å²) in [5.74, 6) is 3.38. The van der Waals surface area contributed by atoms with Gasteiger partial charge in [-0.05, 0) is 19.8 Å². The van der Waals surface area contributed by atoms with Crippen LogP contribution in [-0.2, 0) is 0 Å². The first kappa shape index (κ1) is 24.7. The molecule has 0 amide bonds. The van der Waals surface area contributed by atoms with Gasteiger partial charge < -0.3 is 21.3 Å². The van der Waals surface area contributed by atoms with Crippen LogP contribution in [0.4, 0.5) is 0 Å². The van der Waals surface area contributed by atoms with E-state index in [9.17, 15) is 0 Å². The molecule has 0 fully saturated rings. The third-order valence-electron chi connectivity index (χ3n) is 5.24. The normalized spacial score (nSPS) is 21.1. The molecule has 0 saturated carbocycles. The quantitative estimate of drug-likeness (QED) is 0.387. The summed E-state index contributed by atoms with van der Waals surface area (Å²) in [5.41, 5.74) is 0. The molecule has 2 rings (SSSR count). The van der Waals surface area contributed by atoms with Crippen molar-refractivity contribution in [2.45, 2.75) is 71.6 Å². The molecule has 31 heavy (non-hydrogen) atoms. The molecular weight excluding hydrogens is 392 g/mol. The maximum Gasteiger partial charge on any atom is 0.202 e. The maximum atomic E-state index is 4.87. The Labute approximate surface area is 187 Å². The van der Waals surface area contributed by atoms with Crippen LogP contribution in [0.3, 0.4) is 0 Å². The van der Waals surface area contributed by atoms with Crippen LogP contribution < -0.4 is 21.3 Å². The van der Waals surface area contributed by atoms with Crippen LogP contribution in [0.25, 0.3) is 0 Å². The lowest BCUT2D eigenvalue weighted by atomic mass is 10.2. The Morgan fingerprint density at radius 2 is 1.39 bits per heavy atom. The molecule has 2 atom stereocenters. The Bertz CT molecular complexity index is 669. The van der Waals surface area contributed by atoms with Gasteiger partial charge in [0.1, 0.15) is 12.3 Å². The van der Waals surface area contributed by atoms with E-state index in [0.717, 1.165) is 62.6 Å². The van der Waals surface area contributed by atoms with Gasteiger partial charge in [-0.25, -0.2) is 20.0 Å². The summed E-state index contributed by atoms with van der Waals surface area (Å²) in [5, 5.41) is 13.4. The lowest BCUT2D eigenvalue weighted by Gasteiger charge is -2.33. The minimum atomic E-state index is -0.165. The monoisotopic (exact) mass is 434 g/mol. The Hall–Kier alpha value is -2.52. The number of aliphatic imine (C=N–C) groups is 4. The van der Waals surface area contributed by atoms with Gasteiger partial charge in [-0.3, -0.25) is 9.80 Å². The van der Waals surface area contributed by atoms with Gasteiger partial charge in [0.15, 0.2) is 0 Å². The van der Waals surface area contributed by atoms with E-state index in [4.69, 9.17) is 15.0 Å². The summed E-state index contributed by atoms with van der Waals surface area (Å²) in [4.78, 5) is 23.1. The van der Waals surface area contributed by atoms with Crippen LogP contribution in [0.15, 0.2) is 20.0 Å². The molecule has 4 N–H and O–H groups in total. The molecule has 2 heterocycles. The summed E-state index contributed by atoms with van der Waals surface area (Å²) in [6.45, 7) is 8.93. The third kappa shape index (κ3) is 7.29. The molecule has 176 valence electrons. The summed E-state index contributed by atoms with van der Waals surface area (Å²) >= 11 is 0. The van der Waals surface area contributed by atoms with Gasteiger partial charge in [0.2, 0.25) is 23.8 Å². The zero-order valence-corrected chi connectivity index (χ0v) is 20.2. The fourth-order valence-corrected chi connectivity index (χ4v) is 3.48. The molecule has 0 aromatic heterocycles.